The molecule has 1 unspecified atom stereocenters. The molecular formula is C22H30BrN5O3. The Balaban J connectivity index is 1.21. The highest BCUT2D eigenvalue weighted by Crippen LogP contribution is 2.22. The Labute approximate surface area is 191 Å². The molecule has 2 aromatic rings. The van der Waals surface area contributed by atoms with Crippen LogP contribution in [0.1, 0.15) is 25.2 Å². The number of amides is 1. The lowest BCUT2D eigenvalue weighted by Crippen LogP contribution is -2.43. The number of benzene rings is 1. The number of aromatic nitrogens is 2. The fourth-order valence-electron chi connectivity index (χ4n) is 4.15. The molecule has 2 aliphatic heterocycles. The molecule has 0 radical (unpaired) electrons. The molecule has 1 aromatic heterocycles. The van der Waals surface area contributed by atoms with Crippen molar-refractivity contribution in [1.29, 1.82) is 0 Å². The molecule has 1 amide bonds. The van der Waals surface area contributed by atoms with Gasteiger partial charge in [0.2, 0.25) is 17.6 Å². The van der Waals surface area contributed by atoms with Crippen molar-refractivity contribution in [3.05, 3.63) is 34.6 Å². The molecule has 168 valence electrons. The minimum atomic E-state index is 0.0182. The average molecular weight is 492 g/mol. The van der Waals surface area contributed by atoms with E-state index in [1.807, 2.05) is 24.3 Å². The molecule has 4 rings (SSSR count). The first-order valence-electron chi connectivity index (χ1n) is 11.1. The second-order valence-corrected chi connectivity index (χ2v) is 9.11. The third kappa shape index (κ3) is 6.58. The summed E-state index contributed by atoms with van der Waals surface area (Å²) in [6, 6.07) is 7.84. The maximum Gasteiger partial charge on any atom is 0.241 e. The second-order valence-electron chi connectivity index (χ2n) is 8.19. The molecule has 1 atom stereocenters. The van der Waals surface area contributed by atoms with Crippen LogP contribution in [0, 0.1) is 5.92 Å². The Morgan fingerprint density at radius 1 is 1.23 bits per heavy atom. The number of nitrogens with zero attached hydrogens (tertiary/aromatic N) is 4. The Morgan fingerprint density at radius 3 is 2.94 bits per heavy atom. The zero-order chi connectivity index (χ0) is 21.5. The first kappa shape index (κ1) is 22.4. The normalized spacial score (nSPS) is 20.6. The average Bonchev–Trinajstić information content (AvgIpc) is 3.26. The highest BCUT2D eigenvalue weighted by molar-refractivity contribution is 9.10. The maximum absolute atomic E-state index is 12.6. The monoisotopic (exact) mass is 491 g/mol. The highest BCUT2D eigenvalue weighted by Gasteiger charge is 2.26. The number of rotatable bonds is 8. The van der Waals surface area contributed by atoms with E-state index in [9.17, 15) is 4.79 Å². The van der Waals surface area contributed by atoms with Gasteiger partial charge < -0.3 is 14.6 Å². The number of nitrogens with one attached hydrogen (secondary N) is 1. The van der Waals surface area contributed by atoms with Crippen LogP contribution in [0.5, 0.6) is 0 Å². The summed E-state index contributed by atoms with van der Waals surface area (Å²) in [7, 11) is 0. The van der Waals surface area contributed by atoms with Crippen LogP contribution in [0.4, 0.5) is 0 Å². The molecule has 0 spiro atoms. The number of piperidine rings is 1. The number of ether oxygens (including phenoxy) is 1. The van der Waals surface area contributed by atoms with Gasteiger partial charge in [-0.1, -0.05) is 33.2 Å². The summed E-state index contributed by atoms with van der Waals surface area (Å²) in [5.41, 5.74) is 0.914. The van der Waals surface area contributed by atoms with Crippen molar-refractivity contribution in [2.45, 2.75) is 25.8 Å². The van der Waals surface area contributed by atoms with Gasteiger partial charge in [0, 0.05) is 36.2 Å². The van der Waals surface area contributed by atoms with Crippen molar-refractivity contribution >= 4 is 21.8 Å². The standard InChI is InChI=1S/C22H30BrN5O3/c23-19-6-1-4-17(14-19)21-25-20(31-26-21)16-28-8-2-5-18(15-28)22(29)24-7-3-9-27-10-12-30-13-11-27/h1,4,6,14,18H,2-3,5,7-13,15-16H2,(H,24,29). The van der Waals surface area contributed by atoms with Gasteiger partial charge in [-0.05, 0) is 44.5 Å². The Bertz CT molecular complexity index is 855. The smallest absolute Gasteiger partial charge is 0.241 e. The Hall–Kier alpha value is -1.81. The third-order valence-corrected chi connectivity index (χ3v) is 6.33. The Morgan fingerprint density at radius 2 is 2.10 bits per heavy atom. The predicted octanol–water partition coefficient (Wildman–Crippen LogP) is 2.55. The number of halogens is 1. The summed E-state index contributed by atoms with van der Waals surface area (Å²) in [5, 5.41) is 7.24. The van der Waals surface area contributed by atoms with Crippen LogP contribution in [0.2, 0.25) is 0 Å². The lowest BCUT2D eigenvalue weighted by molar-refractivity contribution is -0.126. The molecule has 2 fully saturated rings. The van der Waals surface area contributed by atoms with Crippen LogP contribution < -0.4 is 5.32 Å². The quantitative estimate of drug-likeness (QED) is 0.567. The number of hydrogen-bond acceptors (Lipinski definition) is 7. The minimum absolute atomic E-state index is 0.0182. The number of carbonyl (C=O) groups is 1. The predicted molar refractivity (Wildman–Crippen MR) is 120 cm³/mol. The molecule has 8 nitrogen and oxygen atoms in total. The van der Waals surface area contributed by atoms with Crippen molar-refractivity contribution in [1.82, 2.24) is 25.3 Å². The maximum atomic E-state index is 12.6. The molecule has 2 saturated heterocycles. The van der Waals surface area contributed by atoms with E-state index in [1.165, 1.54) is 0 Å². The SMILES string of the molecule is O=C(NCCCN1CCOCC1)C1CCCN(Cc2nc(-c3cccc(Br)c3)no2)C1. The number of likely N-dealkylation sites (tertiary alicyclic amines) is 1. The van der Waals surface area contributed by atoms with Crippen molar-refractivity contribution in [3.63, 3.8) is 0 Å². The lowest BCUT2D eigenvalue weighted by atomic mass is 9.97. The summed E-state index contributed by atoms with van der Waals surface area (Å²) < 4.78 is 11.8. The summed E-state index contributed by atoms with van der Waals surface area (Å²) in [5.74, 6) is 1.35. The van der Waals surface area contributed by atoms with Crippen molar-refractivity contribution in [2.24, 2.45) is 5.92 Å². The molecule has 3 heterocycles. The first-order chi connectivity index (χ1) is 15.2. The van der Waals surface area contributed by atoms with Crippen molar-refractivity contribution < 1.29 is 14.1 Å². The molecule has 0 bridgehead atoms. The van der Waals surface area contributed by atoms with Gasteiger partial charge in [-0.2, -0.15) is 4.98 Å². The van der Waals surface area contributed by atoms with E-state index in [0.717, 1.165) is 81.8 Å². The van der Waals surface area contributed by atoms with Gasteiger partial charge in [0.25, 0.3) is 0 Å². The van der Waals surface area contributed by atoms with E-state index in [-0.39, 0.29) is 11.8 Å². The van der Waals surface area contributed by atoms with E-state index in [1.54, 1.807) is 0 Å². The molecule has 1 N–H and O–H groups in total. The van der Waals surface area contributed by atoms with Gasteiger partial charge in [-0.25, -0.2) is 0 Å². The summed E-state index contributed by atoms with van der Waals surface area (Å²) >= 11 is 3.47. The zero-order valence-corrected chi connectivity index (χ0v) is 19.3. The largest absolute Gasteiger partial charge is 0.379 e. The van der Waals surface area contributed by atoms with E-state index in [0.29, 0.717) is 18.3 Å². The Kier molecular flexibility index (Phi) is 8.07. The summed E-state index contributed by atoms with van der Waals surface area (Å²) in [4.78, 5) is 21.8. The molecule has 2 aliphatic rings. The summed E-state index contributed by atoms with van der Waals surface area (Å²) in [6.07, 6.45) is 2.90. The van der Waals surface area contributed by atoms with Crippen LogP contribution in [-0.2, 0) is 16.1 Å². The fraction of sp³-hybridized carbons (Fsp3) is 0.591. The third-order valence-electron chi connectivity index (χ3n) is 5.84. The topological polar surface area (TPSA) is 83.7 Å². The molecule has 0 aliphatic carbocycles. The van der Waals surface area contributed by atoms with Gasteiger partial charge in [0.05, 0.1) is 25.7 Å². The number of hydrogen-bond donors (Lipinski definition) is 1. The van der Waals surface area contributed by atoms with Gasteiger partial charge in [0.15, 0.2) is 0 Å². The molecule has 0 saturated carbocycles. The van der Waals surface area contributed by atoms with Crippen LogP contribution in [0.25, 0.3) is 11.4 Å². The van der Waals surface area contributed by atoms with Crippen molar-refractivity contribution in [2.75, 3.05) is 52.5 Å². The van der Waals surface area contributed by atoms with Crippen LogP contribution in [-0.4, -0.2) is 78.3 Å². The molecular weight excluding hydrogens is 462 g/mol. The van der Waals surface area contributed by atoms with Crippen molar-refractivity contribution in [3.8, 4) is 11.4 Å². The fourth-order valence-corrected chi connectivity index (χ4v) is 4.55. The summed E-state index contributed by atoms with van der Waals surface area (Å²) in [6.45, 7) is 7.59. The minimum Gasteiger partial charge on any atom is -0.379 e. The molecule has 1 aromatic carbocycles. The van der Waals surface area contributed by atoms with Gasteiger partial charge in [-0.15, -0.1) is 0 Å². The van der Waals surface area contributed by atoms with Crippen LogP contribution in [0.15, 0.2) is 33.3 Å². The first-order valence-corrected chi connectivity index (χ1v) is 11.9. The van der Waals surface area contributed by atoms with E-state index >= 15 is 0 Å². The number of morpholine rings is 1. The lowest BCUT2D eigenvalue weighted by Gasteiger charge is -2.31. The van der Waals surface area contributed by atoms with Crippen LogP contribution in [0.3, 0.4) is 0 Å². The van der Waals surface area contributed by atoms with Gasteiger partial charge >= 0.3 is 0 Å². The second kappa shape index (κ2) is 11.2. The van der Waals surface area contributed by atoms with E-state index in [4.69, 9.17) is 9.26 Å². The van der Waals surface area contributed by atoms with E-state index < -0.39 is 0 Å². The van der Waals surface area contributed by atoms with Gasteiger partial charge in [-0.3, -0.25) is 14.6 Å². The molecule has 31 heavy (non-hydrogen) atoms. The van der Waals surface area contributed by atoms with E-state index in [2.05, 4.69) is 41.2 Å². The number of carbonyl (C=O) groups excluding carboxylic acids is 1. The van der Waals surface area contributed by atoms with Gasteiger partial charge in [0.1, 0.15) is 0 Å². The van der Waals surface area contributed by atoms with Crippen LogP contribution >= 0.6 is 15.9 Å². The molecule has 9 heteroatoms. The highest BCUT2D eigenvalue weighted by atomic mass is 79.9. The zero-order valence-electron chi connectivity index (χ0n) is 17.8.